The van der Waals surface area contributed by atoms with Crippen LogP contribution in [0.3, 0.4) is 0 Å². The van der Waals surface area contributed by atoms with Crippen LogP contribution in [0.5, 0.6) is 0 Å². The lowest BCUT2D eigenvalue weighted by Gasteiger charge is -2.35. The van der Waals surface area contributed by atoms with Crippen molar-refractivity contribution in [2.24, 2.45) is 10.7 Å². The summed E-state index contributed by atoms with van der Waals surface area (Å²) in [6, 6.07) is 8.70. The van der Waals surface area contributed by atoms with Gasteiger partial charge in [0.15, 0.2) is 0 Å². The molecule has 2 aliphatic rings. The number of likely N-dealkylation sites (N-methyl/N-ethyl adjacent to an activating group) is 1. The maximum absolute atomic E-state index is 5.62. The summed E-state index contributed by atoms with van der Waals surface area (Å²) in [5.74, 6) is 0.900. The summed E-state index contributed by atoms with van der Waals surface area (Å²) in [4.78, 5) is 9.39. The van der Waals surface area contributed by atoms with Gasteiger partial charge in [0.05, 0.1) is 6.34 Å². The van der Waals surface area contributed by atoms with Crippen molar-refractivity contribution >= 4 is 17.7 Å². The van der Waals surface area contributed by atoms with E-state index in [4.69, 9.17) is 5.73 Å². The number of allylic oxidation sites excluding steroid dienone is 3. The van der Waals surface area contributed by atoms with E-state index in [1.54, 1.807) is 0 Å². The van der Waals surface area contributed by atoms with Crippen LogP contribution in [0.1, 0.15) is 39.5 Å². The molecular weight excluding hydrogens is 334 g/mol. The number of nitrogens with one attached hydrogen (secondary N) is 1. The molecule has 5 nitrogen and oxygen atoms in total. The Labute approximate surface area is 163 Å². The highest BCUT2D eigenvalue weighted by Gasteiger charge is 2.16. The lowest BCUT2D eigenvalue weighted by atomic mass is 10.1. The predicted molar refractivity (Wildman–Crippen MR) is 116 cm³/mol. The predicted octanol–water partition coefficient (Wildman–Crippen LogP) is 3.96. The van der Waals surface area contributed by atoms with Gasteiger partial charge in [0.1, 0.15) is 5.82 Å². The fourth-order valence-corrected chi connectivity index (χ4v) is 3.86. The van der Waals surface area contributed by atoms with Gasteiger partial charge >= 0.3 is 0 Å². The van der Waals surface area contributed by atoms with Gasteiger partial charge < -0.3 is 20.9 Å². The average Bonchev–Trinajstić information content (AvgIpc) is 2.93. The Hall–Kier alpha value is -2.27. The summed E-state index contributed by atoms with van der Waals surface area (Å²) in [5, 5.41) is 3.49. The molecule has 27 heavy (non-hydrogen) atoms. The van der Waals surface area contributed by atoms with Crippen molar-refractivity contribution in [3.05, 3.63) is 47.3 Å². The number of anilines is 2. The molecule has 1 aromatic rings. The number of hydrogen-bond acceptors (Lipinski definition) is 4. The minimum atomic E-state index is 0.900. The van der Waals surface area contributed by atoms with E-state index in [0.29, 0.717) is 0 Å². The van der Waals surface area contributed by atoms with Crippen LogP contribution >= 0.6 is 0 Å². The number of hydrogen-bond donors (Lipinski definition) is 2. The topological polar surface area (TPSA) is 56.9 Å². The summed E-state index contributed by atoms with van der Waals surface area (Å²) in [5.41, 5.74) is 10.7. The van der Waals surface area contributed by atoms with E-state index in [1.807, 2.05) is 0 Å². The molecule has 1 heterocycles. The normalized spacial score (nSPS) is 21.1. The summed E-state index contributed by atoms with van der Waals surface area (Å²) in [6.45, 7) is 10.1. The fourth-order valence-electron chi connectivity index (χ4n) is 3.86. The van der Waals surface area contributed by atoms with Gasteiger partial charge in [0.2, 0.25) is 0 Å². The molecule has 5 heteroatoms. The summed E-state index contributed by atoms with van der Waals surface area (Å²) in [7, 11) is 0. The lowest BCUT2D eigenvalue weighted by molar-refractivity contribution is 0.271. The molecule has 1 saturated heterocycles. The number of piperazine rings is 1. The Balaban J connectivity index is 1.69. The zero-order valence-corrected chi connectivity index (χ0v) is 16.7. The maximum atomic E-state index is 5.62. The molecule has 146 valence electrons. The monoisotopic (exact) mass is 367 g/mol. The van der Waals surface area contributed by atoms with Crippen molar-refractivity contribution in [2.45, 2.75) is 39.5 Å². The fraction of sp³-hybridized carbons (Fsp3) is 0.500. The van der Waals surface area contributed by atoms with Gasteiger partial charge in [-0.3, -0.25) is 0 Å². The smallest absolute Gasteiger partial charge is 0.131 e. The van der Waals surface area contributed by atoms with Crippen LogP contribution in [-0.2, 0) is 0 Å². The van der Waals surface area contributed by atoms with E-state index in [1.165, 1.54) is 29.6 Å². The van der Waals surface area contributed by atoms with E-state index in [0.717, 1.165) is 63.5 Å². The minimum Gasteiger partial charge on any atom is -0.390 e. The van der Waals surface area contributed by atoms with Gasteiger partial charge in [0.25, 0.3) is 0 Å². The first kappa shape index (κ1) is 19.5. The standard InChI is InChI=1S/C22H33N5/c1-3-26-12-14-27(15-13-26)21-10-8-20(9-11-21)25-22(24-17-23)19-7-5-4-6-18(2)16-19/h6,8-11,17,25H,3-5,7,12-16H2,1-2H3,(H2,23,24)/b22-19+. The Morgan fingerprint density at radius 1 is 1.19 bits per heavy atom. The molecule has 0 bridgehead atoms. The third kappa shape index (κ3) is 5.36. The van der Waals surface area contributed by atoms with E-state index >= 15 is 0 Å². The molecular formula is C22H33N5. The first-order valence-corrected chi connectivity index (χ1v) is 10.2. The van der Waals surface area contributed by atoms with Gasteiger partial charge in [-0.25, -0.2) is 4.99 Å². The first-order chi connectivity index (χ1) is 13.2. The third-order valence-electron chi connectivity index (χ3n) is 5.52. The lowest BCUT2D eigenvalue weighted by Crippen LogP contribution is -2.46. The van der Waals surface area contributed by atoms with Gasteiger partial charge in [-0.1, -0.05) is 18.6 Å². The van der Waals surface area contributed by atoms with Crippen LogP contribution in [-0.4, -0.2) is 44.0 Å². The van der Waals surface area contributed by atoms with Crippen molar-refractivity contribution < 1.29 is 0 Å². The number of rotatable bonds is 5. The second kappa shape index (κ2) is 9.60. The molecule has 1 aliphatic heterocycles. The van der Waals surface area contributed by atoms with Crippen LogP contribution in [0.2, 0.25) is 0 Å². The Morgan fingerprint density at radius 3 is 2.59 bits per heavy atom. The van der Waals surface area contributed by atoms with Crippen molar-refractivity contribution in [1.29, 1.82) is 0 Å². The summed E-state index contributed by atoms with van der Waals surface area (Å²) >= 11 is 0. The van der Waals surface area contributed by atoms with E-state index in [2.05, 4.69) is 64.3 Å². The Bertz CT molecular complexity index is 694. The van der Waals surface area contributed by atoms with Crippen LogP contribution < -0.4 is 16.0 Å². The second-order valence-corrected chi connectivity index (χ2v) is 7.44. The maximum Gasteiger partial charge on any atom is 0.131 e. The van der Waals surface area contributed by atoms with Gasteiger partial charge in [-0.2, -0.15) is 0 Å². The molecule has 1 aliphatic carbocycles. The molecule has 0 atom stereocenters. The third-order valence-corrected chi connectivity index (χ3v) is 5.52. The zero-order valence-electron chi connectivity index (χ0n) is 16.7. The van der Waals surface area contributed by atoms with E-state index in [9.17, 15) is 0 Å². The van der Waals surface area contributed by atoms with E-state index in [-0.39, 0.29) is 0 Å². The molecule has 1 fully saturated rings. The van der Waals surface area contributed by atoms with Crippen molar-refractivity contribution in [3.63, 3.8) is 0 Å². The zero-order chi connectivity index (χ0) is 19.1. The average molecular weight is 368 g/mol. The van der Waals surface area contributed by atoms with Crippen LogP contribution in [0.4, 0.5) is 11.4 Å². The summed E-state index contributed by atoms with van der Waals surface area (Å²) in [6.07, 6.45) is 8.08. The molecule has 0 amide bonds. The van der Waals surface area contributed by atoms with Crippen LogP contribution in [0, 0.1) is 0 Å². The highest BCUT2D eigenvalue weighted by molar-refractivity contribution is 5.60. The number of benzene rings is 1. The molecule has 3 N–H and O–H groups in total. The first-order valence-electron chi connectivity index (χ1n) is 10.2. The van der Waals surface area contributed by atoms with Crippen molar-refractivity contribution in [2.75, 3.05) is 42.9 Å². The van der Waals surface area contributed by atoms with Crippen LogP contribution in [0.15, 0.2) is 52.3 Å². The minimum absolute atomic E-state index is 0.900. The summed E-state index contributed by atoms with van der Waals surface area (Å²) < 4.78 is 0. The highest BCUT2D eigenvalue weighted by Crippen LogP contribution is 2.27. The number of aliphatic imine (C=N–C) groups is 1. The van der Waals surface area contributed by atoms with Crippen molar-refractivity contribution in [1.82, 2.24) is 4.90 Å². The van der Waals surface area contributed by atoms with Gasteiger partial charge in [-0.15, -0.1) is 0 Å². The molecule has 3 rings (SSSR count). The Morgan fingerprint density at radius 2 is 1.93 bits per heavy atom. The number of nitrogens with zero attached hydrogens (tertiary/aromatic N) is 3. The molecule has 0 unspecified atom stereocenters. The Kier molecular flexibility index (Phi) is 6.93. The van der Waals surface area contributed by atoms with Gasteiger partial charge in [0, 0.05) is 37.6 Å². The van der Waals surface area contributed by atoms with Gasteiger partial charge in [-0.05, 0) is 69.0 Å². The van der Waals surface area contributed by atoms with Crippen molar-refractivity contribution in [3.8, 4) is 0 Å². The van der Waals surface area contributed by atoms with Crippen LogP contribution in [0.25, 0.3) is 0 Å². The quantitative estimate of drug-likeness (QED) is 0.470. The SMILES string of the molecule is CCN1CCN(c2ccc(NC(/N=C\N)=C3\CCCC=C(C)C3)cc2)CC1. The second-order valence-electron chi connectivity index (χ2n) is 7.44. The van der Waals surface area contributed by atoms with E-state index < -0.39 is 0 Å². The molecule has 0 saturated carbocycles. The molecule has 0 spiro atoms. The molecule has 0 aromatic heterocycles. The molecule has 0 radical (unpaired) electrons. The number of nitrogens with two attached hydrogens (primary N) is 1. The largest absolute Gasteiger partial charge is 0.390 e. The highest BCUT2D eigenvalue weighted by atomic mass is 15.3. The molecule has 1 aromatic carbocycles.